The number of ether oxygens (including phenoxy) is 2. The summed E-state index contributed by atoms with van der Waals surface area (Å²) in [5.41, 5.74) is -0.375. The molecule has 0 aliphatic carbocycles. The van der Waals surface area contributed by atoms with Gasteiger partial charge in [-0.1, -0.05) is 11.6 Å². The van der Waals surface area contributed by atoms with E-state index in [0.717, 1.165) is 12.8 Å². The number of carbonyl (C=O) groups excluding carboxylic acids is 1. The Balaban J connectivity index is 1.83. The summed E-state index contributed by atoms with van der Waals surface area (Å²) in [6, 6.07) is 6.88. The first-order chi connectivity index (χ1) is 9.63. The number of rotatable bonds is 5. The SMILES string of the molecule is O=C(COc1ccc(Cl)cc1)NC1(CCl)CCOCC1. The molecule has 1 aliphatic heterocycles. The second-order valence-corrected chi connectivity index (χ2v) is 5.52. The average Bonchev–Trinajstić information content (AvgIpc) is 2.47. The number of hydrogen-bond donors (Lipinski definition) is 1. The maximum Gasteiger partial charge on any atom is 0.258 e. The fourth-order valence-electron chi connectivity index (χ4n) is 2.07. The first-order valence-electron chi connectivity index (χ1n) is 6.47. The van der Waals surface area contributed by atoms with Gasteiger partial charge in [-0.2, -0.15) is 0 Å². The summed E-state index contributed by atoms with van der Waals surface area (Å²) in [5, 5.41) is 3.59. The molecule has 0 bridgehead atoms. The molecule has 0 aromatic heterocycles. The highest BCUT2D eigenvalue weighted by Gasteiger charge is 2.33. The summed E-state index contributed by atoms with van der Waals surface area (Å²) in [7, 11) is 0. The lowest BCUT2D eigenvalue weighted by atomic mass is 9.92. The van der Waals surface area contributed by atoms with Gasteiger partial charge in [-0.25, -0.2) is 0 Å². The van der Waals surface area contributed by atoms with Crippen molar-refractivity contribution >= 4 is 29.1 Å². The lowest BCUT2D eigenvalue weighted by molar-refractivity contribution is -0.125. The van der Waals surface area contributed by atoms with Crippen molar-refractivity contribution in [1.29, 1.82) is 0 Å². The van der Waals surface area contributed by atoms with Gasteiger partial charge < -0.3 is 14.8 Å². The van der Waals surface area contributed by atoms with Crippen molar-refractivity contribution < 1.29 is 14.3 Å². The molecule has 0 saturated carbocycles. The van der Waals surface area contributed by atoms with E-state index in [4.69, 9.17) is 32.7 Å². The Bertz CT molecular complexity index is 444. The van der Waals surface area contributed by atoms with Crippen LogP contribution in [0.2, 0.25) is 5.02 Å². The maximum absolute atomic E-state index is 12.0. The molecule has 0 radical (unpaired) electrons. The molecule has 0 unspecified atom stereocenters. The van der Waals surface area contributed by atoms with E-state index in [-0.39, 0.29) is 18.1 Å². The Morgan fingerprint density at radius 1 is 1.30 bits per heavy atom. The Kier molecular flexibility index (Phi) is 5.52. The Morgan fingerprint density at radius 3 is 2.55 bits per heavy atom. The van der Waals surface area contributed by atoms with Gasteiger partial charge in [0.15, 0.2) is 6.61 Å². The number of nitrogens with one attached hydrogen (secondary N) is 1. The Hall–Kier alpha value is -0.970. The predicted molar refractivity (Wildman–Crippen MR) is 78.6 cm³/mol. The number of halogens is 2. The van der Waals surface area contributed by atoms with E-state index < -0.39 is 0 Å². The summed E-state index contributed by atoms with van der Waals surface area (Å²) < 4.78 is 10.7. The summed E-state index contributed by atoms with van der Waals surface area (Å²) in [6.07, 6.45) is 1.45. The van der Waals surface area contributed by atoms with Gasteiger partial charge >= 0.3 is 0 Å². The molecule has 1 heterocycles. The molecule has 2 rings (SSSR count). The van der Waals surface area contributed by atoms with Crippen molar-refractivity contribution in [2.45, 2.75) is 18.4 Å². The van der Waals surface area contributed by atoms with Crippen LogP contribution in [0.4, 0.5) is 0 Å². The number of carbonyl (C=O) groups is 1. The first-order valence-corrected chi connectivity index (χ1v) is 7.38. The lowest BCUT2D eigenvalue weighted by Crippen LogP contribution is -2.54. The quantitative estimate of drug-likeness (QED) is 0.849. The van der Waals surface area contributed by atoms with Gasteiger partial charge in [-0.05, 0) is 37.1 Å². The minimum Gasteiger partial charge on any atom is -0.484 e. The highest BCUT2D eigenvalue weighted by Crippen LogP contribution is 2.22. The standard InChI is InChI=1S/C14H17Cl2NO3/c15-10-14(5-7-19-8-6-14)17-13(18)9-20-12-3-1-11(16)2-4-12/h1-4H,5-10H2,(H,17,18). The summed E-state index contributed by atoms with van der Waals surface area (Å²) >= 11 is 11.8. The maximum atomic E-state index is 12.0. The highest BCUT2D eigenvalue weighted by atomic mass is 35.5. The van der Waals surface area contributed by atoms with Crippen molar-refractivity contribution in [3.8, 4) is 5.75 Å². The molecule has 1 fully saturated rings. The van der Waals surface area contributed by atoms with Gasteiger partial charge in [-0.3, -0.25) is 4.79 Å². The normalized spacial score (nSPS) is 17.5. The molecule has 1 aliphatic rings. The minimum absolute atomic E-state index is 0.0405. The van der Waals surface area contributed by atoms with E-state index >= 15 is 0 Å². The van der Waals surface area contributed by atoms with Crippen molar-refractivity contribution in [2.24, 2.45) is 0 Å². The third-order valence-corrected chi connectivity index (χ3v) is 4.06. The zero-order valence-electron chi connectivity index (χ0n) is 11.0. The van der Waals surface area contributed by atoms with Crippen LogP contribution in [-0.4, -0.2) is 37.1 Å². The highest BCUT2D eigenvalue weighted by molar-refractivity contribution is 6.30. The zero-order valence-corrected chi connectivity index (χ0v) is 12.5. The van der Waals surface area contributed by atoms with Crippen LogP contribution in [0, 0.1) is 0 Å². The van der Waals surface area contributed by atoms with Crippen LogP contribution in [0.1, 0.15) is 12.8 Å². The number of benzene rings is 1. The Morgan fingerprint density at radius 2 is 1.95 bits per heavy atom. The van der Waals surface area contributed by atoms with Crippen LogP contribution in [0.25, 0.3) is 0 Å². The molecule has 4 nitrogen and oxygen atoms in total. The topological polar surface area (TPSA) is 47.6 Å². The van der Waals surface area contributed by atoms with Gasteiger partial charge in [0, 0.05) is 24.1 Å². The van der Waals surface area contributed by atoms with E-state index in [1.54, 1.807) is 24.3 Å². The molecule has 1 aromatic rings. The van der Waals surface area contributed by atoms with Crippen molar-refractivity contribution in [1.82, 2.24) is 5.32 Å². The van der Waals surface area contributed by atoms with Crippen LogP contribution in [0.3, 0.4) is 0 Å². The van der Waals surface area contributed by atoms with Crippen LogP contribution in [0.15, 0.2) is 24.3 Å². The monoisotopic (exact) mass is 317 g/mol. The molecule has 110 valence electrons. The van der Waals surface area contributed by atoms with Crippen molar-refractivity contribution in [3.05, 3.63) is 29.3 Å². The van der Waals surface area contributed by atoms with Crippen molar-refractivity contribution in [2.75, 3.05) is 25.7 Å². The molecule has 0 atom stereocenters. The Labute approximate surface area is 128 Å². The third-order valence-electron chi connectivity index (χ3n) is 3.29. The summed E-state index contributed by atoms with van der Waals surface area (Å²) in [6.45, 7) is 1.19. The largest absolute Gasteiger partial charge is 0.484 e. The van der Waals surface area contributed by atoms with E-state index in [2.05, 4.69) is 5.32 Å². The molecular formula is C14H17Cl2NO3. The number of amides is 1. The molecule has 6 heteroatoms. The number of hydrogen-bond acceptors (Lipinski definition) is 3. The van der Waals surface area contributed by atoms with Crippen LogP contribution in [0.5, 0.6) is 5.75 Å². The minimum atomic E-state index is -0.375. The van der Waals surface area contributed by atoms with Crippen molar-refractivity contribution in [3.63, 3.8) is 0 Å². The molecule has 20 heavy (non-hydrogen) atoms. The zero-order chi connectivity index (χ0) is 14.4. The molecular weight excluding hydrogens is 301 g/mol. The number of alkyl halides is 1. The van der Waals surface area contributed by atoms with Crippen LogP contribution in [-0.2, 0) is 9.53 Å². The first kappa shape index (κ1) is 15.4. The smallest absolute Gasteiger partial charge is 0.258 e. The van der Waals surface area contributed by atoms with Gasteiger partial charge in [-0.15, -0.1) is 11.6 Å². The summed E-state index contributed by atoms with van der Waals surface area (Å²) in [5.74, 6) is 0.808. The van der Waals surface area contributed by atoms with E-state index in [9.17, 15) is 4.79 Å². The second-order valence-electron chi connectivity index (χ2n) is 4.82. The fourth-order valence-corrected chi connectivity index (χ4v) is 2.53. The second kappa shape index (κ2) is 7.16. The molecule has 1 N–H and O–H groups in total. The molecule has 1 aromatic carbocycles. The molecule has 1 amide bonds. The van der Waals surface area contributed by atoms with E-state index in [1.807, 2.05) is 0 Å². The summed E-state index contributed by atoms with van der Waals surface area (Å²) in [4.78, 5) is 12.0. The van der Waals surface area contributed by atoms with Gasteiger partial charge in [0.05, 0.1) is 5.54 Å². The van der Waals surface area contributed by atoms with Crippen LogP contribution < -0.4 is 10.1 Å². The lowest BCUT2D eigenvalue weighted by Gasteiger charge is -2.36. The van der Waals surface area contributed by atoms with E-state index in [1.165, 1.54) is 0 Å². The van der Waals surface area contributed by atoms with E-state index in [0.29, 0.717) is 29.9 Å². The molecule has 0 spiro atoms. The van der Waals surface area contributed by atoms with Gasteiger partial charge in [0.25, 0.3) is 5.91 Å². The predicted octanol–water partition coefficient (Wildman–Crippen LogP) is 2.62. The van der Waals surface area contributed by atoms with Crippen LogP contribution >= 0.6 is 23.2 Å². The average molecular weight is 318 g/mol. The fraction of sp³-hybridized carbons (Fsp3) is 0.500. The molecule has 1 saturated heterocycles. The van der Waals surface area contributed by atoms with Gasteiger partial charge in [0.2, 0.25) is 0 Å². The third kappa shape index (κ3) is 4.27. The van der Waals surface area contributed by atoms with Gasteiger partial charge in [0.1, 0.15) is 5.75 Å².